The highest BCUT2D eigenvalue weighted by molar-refractivity contribution is 5.93. The van der Waals surface area contributed by atoms with Crippen molar-refractivity contribution < 1.29 is 32.9 Å². The van der Waals surface area contributed by atoms with Gasteiger partial charge in [-0.3, -0.25) is 0 Å². The van der Waals surface area contributed by atoms with Crippen molar-refractivity contribution >= 4 is 11.9 Å². The summed E-state index contributed by atoms with van der Waals surface area (Å²) in [6, 6.07) is 23.0. The molecule has 8 heteroatoms. The number of methoxy groups -OCH3 is 1. The Morgan fingerprint density at radius 1 is 0.895 bits per heavy atom. The maximum Gasteiger partial charge on any atom is 0.335 e. The smallest absolute Gasteiger partial charge is 0.335 e. The predicted octanol–water partition coefficient (Wildman–Crippen LogP) is 4.83. The molecule has 0 amide bonds. The van der Waals surface area contributed by atoms with Crippen LogP contribution in [-0.2, 0) is 25.6 Å². The molecule has 0 radical (unpaired) electrons. The number of ether oxygens (including phenoxy) is 4. The largest absolute Gasteiger partial charge is 0.497 e. The molecule has 1 spiro atoms. The zero-order valence-corrected chi connectivity index (χ0v) is 20.9. The minimum atomic E-state index is -1.75. The van der Waals surface area contributed by atoms with Crippen molar-refractivity contribution in [2.75, 3.05) is 20.3 Å². The summed E-state index contributed by atoms with van der Waals surface area (Å²) in [5.74, 6) is -3.14. The molecule has 2 aliphatic rings. The lowest BCUT2D eigenvalue weighted by molar-refractivity contribution is -0.326. The third-order valence-corrected chi connectivity index (χ3v) is 6.96. The Labute approximate surface area is 220 Å². The Morgan fingerprint density at radius 3 is 2.16 bits per heavy atom. The van der Waals surface area contributed by atoms with E-state index >= 15 is 0 Å². The quantitative estimate of drug-likeness (QED) is 0.416. The maximum atomic E-state index is 13.8. The van der Waals surface area contributed by atoms with Crippen molar-refractivity contribution in [1.82, 2.24) is 4.90 Å². The van der Waals surface area contributed by atoms with E-state index in [0.717, 1.165) is 23.3 Å². The summed E-state index contributed by atoms with van der Waals surface area (Å²) < 4.78 is 37.2. The lowest BCUT2D eigenvalue weighted by atomic mass is 9.77. The second kappa shape index (κ2) is 11.1. The van der Waals surface area contributed by atoms with Crippen LogP contribution in [0.15, 0.2) is 91.0 Å². The van der Waals surface area contributed by atoms with Gasteiger partial charge in [0.25, 0.3) is 0 Å². The number of carbonyl (C=O) groups excluding carboxylic acids is 2. The summed E-state index contributed by atoms with van der Waals surface area (Å²) in [5, 5.41) is 0. The first kappa shape index (κ1) is 25.5. The molecule has 0 bridgehead atoms. The van der Waals surface area contributed by atoms with Crippen molar-refractivity contribution in [3.05, 3.63) is 108 Å². The number of halogens is 1. The van der Waals surface area contributed by atoms with Crippen molar-refractivity contribution in [2.24, 2.45) is 5.92 Å². The zero-order chi connectivity index (χ0) is 26.5. The normalized spacial score (nSPS) is 20.9. The van der Waals surface area contributed by atoms with Crippen LogP contribution in [0.1, 0.15) is 23.5 Å². The van der Waals surface area contributed by atoms with Crippen LogP contribution >= 0.6 is 0 Å². The number of benzene rings is 3. The highest BCUT2D eigenvalue weighted by Crippen LogP contribution is 2.46. The van der Waals surface area contributed by atoms with Gasteiger partial charge in [-0.1, -0.05) is 42.5 Å². The summed E-state index contributed by atoms with van der Waals surface area (Å²) in [4.78, 5) is 27.5. The highest BCUT2D eigenvalue weighted by Gasteiger charge is 2.58. The second-order valence-electron chi connectivity index (χ2n) is 9.25. The van der Waals surface area contributed by atoms with Gasteiger partial charge in [-0.2, -0.15) is 0 Å². The van der Waals surface area contributed by atoms with E-state index in [9.17, 15) is 14.0 Å². The first-order valence-corrected chi connectivity index (χ1v) is 12.4. The molecule has 2 heterocycles. The molecule has 7 nitrogen and oxygen atoms in total. The molecule has 1 fully saturated rings. The van der Waals surface area contributed by atoms with Crippen molar-refractivity contribution in [3.8, 4) is 11.5 Å². The Morgan fingerprint density at radius 2 is 1.53 bits per heavy atom. The average molecular weight is 518 g/mol. The molecule has 0 aliphatic carbocycles. The molecule has 3 aromatic rings. The fourth-order valence-corrected chi connectivity index (χ4v) is 5.12. The molecule has 1 saturated heterocycles. The summed E-state index contributed by atoms with van der Waals surface area (Å²) in [7, 11) is 1.58. The molecule has 2 atom stereocenters. The van der Waals surface area contributed by atoms with Gasteiger partial charge in [0, 0.05) is 31.2 Å². The number of esters is 2. The number of likely N-dealkylation sites (tertiary alicyclic amines) is 1. The topological polar surface area (TPSA) is 74.3 Å². The van der Waals surface area contributed by atoms with Crippen LogP contribution in [0, 0.1) is 11.7 Å². The Balaban J connectivity index is 1.56. The Hall–Kier alpha value is -4.17. The summed E-state index contributed by atoms with van der Waals surface area (Å²) in [6.07, 6.45) is 2.78. The number of nitrogens with zero attached hydrogens (tertiary/aromatic N) is 1. The minimum absolute atomic E-state index is 0.0558. The highest BCUT2D eigenvalue weighted by atomic mass is 19.1. The lowest BCUT2D eigenvalue weighted by Crippen LogP contribution is -2.64. The fraction of sp³-hybridized carbons (Fsp3) is 0.267. The van der Waals surface area contributed by atoms with Crippen LogP contribution in [0.2, 0.25) is 0 Å². The number of hydrogen-bond donors (Lipinski definition) is 0. The van der Waals surface area contributed by atoms with E-state index in [1.54, 1.807) is 43.5 Å². The van der Waals surface area contributed by atoms with E-state index in [1.807, 2.05) is 35.2 Å². The zero-order valence-electron chi connectivity index (χ0n) is 20.9. The summed E-state index contributed by atoms with van der Waals surface area (Å²) >= 11 is 0. The van der Waals surface area contributed by atoms with Crippen LogP contribution in [-0.4, -0.2) is 43.0 Å². The van der Waals surface area contributed by atoms with E-state index in [0.29, 0.717) is 31.0 Å². The second-order valence-corrected chi connectivity index (χ2v) is 9.25. The first-order chi connectivity index (χ1) is 18.5. The fourth-order valence-electron chi connectivity index (χ4n) is 5.12. The van der Waals surface area contributed by atoms with E-state index in [-0.39, 0.29) is 18.3 Å². The monoisotopic (exact) mass is 517 g/mol. The summed E-state index contributed by atoms with van der Waals surface area (Å²) in [6.45, 7) is 0.882. The molecular formula is C30H28FNO6. The molecule has 196 valence electrons. The van der Waals surface area contributed by atoms with Crippen LogP contribution in [0.3, 0.4) is 0 Å². The number of piperidine rings is 1. The van der Waals surface area contributed by atoms with Gasteiger partial charge in [-0.05, 0) is 53.9 Å². The van der Waals surface area contributed by atoms with Crippen LogP contribution < -0.4 is 9.47 Å². The van der Waals surface area contributed by atoms with Crippen LogP contribution in [0.4, 0.5) is 4.39 Å². The first-order valence-electron chi connectivity index (χ1n) is 12.4. The molecule has 0 saturated carbocycles. The van der Waals surface area contributed by atoms with Gasteiger partial charge in [0.05, 0.1) is 13.0 Å². The van der Waals surface area contributed by atoms with Gasteiger partial charge in [0.15, 0.2) is 0 Å². The van der Waals surface area contributed by atoms with Gasteiger partial charge >= 0.3 is 17.8 Å². The van der Waals surface area contributed by atoms with Crippen molar-refractivity contribution in [1.29, 1.82) is 0 Å². The lowest BCUT2D eigenvalue weighted by Gasteiger charge is -2.51. The SMILES string of the molecule is COc1ccc(OCC2C(c3ccc(F)cc3)CCN(Cc3ccccc3)C23OC(=O)C=CC(=O)O3)cc1. The molecule has 2 aliphatic heterocycles. The molecule has 0 aromatic heterocycles. The van der Waals surface area contributed by atoms with E-state index in [4.69, 9.17) is 18.9 Å². The molecule has 0 N–H and O–H groups in total. The molecule has 3 aromatic carbocycles. The van der Waals surface area contributed by atoms with E-state index in [2.05, 4.69) is 0 Å². The van der Waals surface area contributed by atoms with Gasteiger partial charge in [-0.15, -0.1) is 0 Å². The Kier molecular flexibility index (Phi) is 7.42. The minimum Gasteiger partial charge on any atom is -0.497 e. The van der Waals surface area contributed by atoms with Gasteiger partial charge in [0.2, 0.25) is 0 Å². The molecule has 5 rings (SSSR count). The van der Waals surface area contributed by atoms with Crippen LogP contribution in [0.5, 0.6) is 11.5 Å². The number of rotatable bonds is 7. The predicted molar refractivity (Wildman–Crippen MR) is 137 cm³/mol. The van der Waals surface area contributed by atoms with Gasteiger partial charge in [0.1, 0.15) is 23.9 Å². The third kappa shape index (κ3) is 5.40. The van der Waals surface area contributed by atoms with E-state index < -0.39 is 23.8 Å². The number of carbonyl (C=O) groups is 2. The van der Waals surface area contributed by atoms with Crippen molar-refractivity contribution in [2.45, 2.75) is 24.8 Å². The molecule has 38 heavy (non-hydrogen) atoms. The number of hydrogen-bond acceptors (Lipinski definition) is 7. The molecular weight excluding hydrogens is 489 g/mol. The Bertz CT molecular complexity index is 1270. The molecule has 2 unspecified atom stereocenters. The van der Waals surface area contributed by atoms with Gasteiger partial charge < -0.3 is 18.9 Å². The average Bonchev–Trinajstić information content (AvgIpc) is 3.08. The van der Waals surface area contributed by atoms with Crippen LogP contribution in [0.25, 0.3) is 0 Å². The van der Waals surface area contributed by atoms with Crippen molar-refractivity contribution in [3.63, 3.8) is 0 Å². The van der Waals surface area contributed by atoms with E-state index in [1.165, 1.54) is 12.1 Å². The standard InChI is InChI=1S/C30H28FNO6/c1-35-24-11-13-25(14-12-24)36-20-27-26(22-7-9-23(31)10-8-22)17-18-32(19-21-5-3-2-4-6-21)30(27)37-28(33)15-16-29(34)38-30/h2-16,26-27H,17-20H2,1H3. The summed E-state index contributed by atoms with van der Waals surface area (Å²) in [5.41, 5.74) is 1.80. The van der Waals surface area contributed by atoms with Gasteiger partial charge in [-0.25, -0.2) is 18.9 Å². The third-order valence-electron chi connectivity index (χ3n) is 6.96. The maximum absolute atomic E-state index is 13.8.